The van der Waals surface area contributed by atoms with Gasteiger partial charge in [0.15, 0.2) is 0 Å². The van der Waals surface area contributed by atoms with Crippen molar-refractivity contribution in [2.24, 2.45) is 0 Å². The predicted octanol–water partition coefficient (Wildman–Crippen LogP) is 1.64. The van der Waals surface area contributed by atoms with E-state index in [0.717, 1.165) is 0 Å². The monoisotopic (exact) mass is 295 g/mol. The van der Waals surface area contributed by atoms with E-state index in [9.17, 15) is 9.18 Å². The molecule has 1 unspecified atom stereocenters. The average Bonchev–Trinajstić information content (AvgIpc) is 2.84. The summed E-state index contributed by atoms with van der Waals surface area (Å²) in [6.07, 6.45) is 1.97. The summed E-state index contributed by atoms with van der Waals surface area (Å²) in [6.45, 7) is 1.89. The average molecular weight is 295 g/mol. The van der Waals surface area contributed by atoms with Gasteiger partial charge in [-0.3, -0.25) is 4.79 Å². The summed E-state index contributed by atoms with van der Waals surface area (Å²) in [7, 11) is 0. The fourth-order valence-electron chi connectivity index (χ4n) is 1.52. The van der Waals surface area contributed by atoms with E-state index in [0.29, 0.717) is 17.3 Å². The molecule has 0 saturated carbocycles. The summed E-state index contributed by atoms with van der Waals surface area (Å²) < 4.78 is 14.1. The van der Waals surface area contributed by atoms with E-state index in [2.05, 4.69) is 15.5 Å². The molecule has 0 aliphatic carbocycles. The van der Waals surface area contributed by atoms with E-state index in [1.807, 2.05) is 6.92 Å². The van der Waals surface area contributed by atoms with E-state index >= 15 is 0 Å². The molecule has 1 aromatic heterocycles. The van der Waals surface area contributed by atoms with Crippen molar-refractivity contribution in [1.82, 2.24) is 14.9 Å². The Hall–Kier alpha value is -2.09. The van der Waals surface area contributed by atoms with Gasteiger partial charge in [0.05, 0.1) is 5.25 Å². The molecule has 0 fully saturated rings. The Labute approximate surface area is 119 Å². The number of nitrogen functional groups attached to an aromatic ring is 1. The van der Waals surface area contributed by atoms with Crippen molar-refractivity contribution < 1.29 is 9.18 Å². The molecule has 6 nitrogen and oxygen atoms in total. The van der Waals surface area contributed by atoms with Crippen LogP contribution in [-0.2, 0) is 4.79 Å². The Morgan fingerprint density at radius 2 is 2.20 bits per heavy atom. The number of nitrogens with two attached hydrogens (primary N) is 1. The molecule has 106 valence electrons. The van der Waals surface area contributed by atoms with Gasteiger partial charge < -0.3 is 11.2 Å². The molecule has 1 heterocycles. The van der Waals surface area contributed by atoms with Crippen molar-refractivity contribution in [3.8, 4) is 0 Å². The maximum absolute atomic E-state index is 12.8. The maximum atomic E-state index is 12.8. The highest BCUT2D eigenvalue weighted by molar-refractivity contribution is 8.00. The first kappa shape index (κ1) is 14.3. The maximum Gasteiger partial charge on any atom is 0.237 e. The number of amides is 1. The lowest BCUT2D eigenvalue weighted by atomic mass is 10.2. The van der Waals surface area contributed by atoms with Crippen LogP contribution in [0.4, 0.5) is 10.1 Å². The van der Waals surface area contributed by atoms with Crippen LogP contribution in [-0.4, -0.2) is 26.0 Å². The normalized spacial score (nSPS) is 12.1. The lowest BCUT2D eigenvalue weighted by Gasteiger charge is -2.13. The number of carbonyl (C=O) groups excluding carboxylic acids is 1. The molecule has 2 aromatic rings. The first-order valence-electron chi connectivity index (χ1n) is 5.98. The minimum absolute atomic E-state index is 0.188. The van der Waals surface area contributed by atoms with Crippen LogP contribution in [0.25, 0.3) is 0 Å². The van der Waals surface area contributed by atoms with Gasteiger partial charge in [-0.25, -0.2) is 9.07 Å². The number of carbonyl (C=O) groups is 1. The number of nitrogens with one attached hydrogen (secondary N) is 1. The smallest absolute Gasteiger partial charge is 0.237 e. The number of benzene rings is 1. The second-order valence-electron chi connectivity index (χ2n) is 4.03. The first-order chi connectivity index (χ1) is 9.60. The quantitative estimate of drug-likeness (QED) is 0.647. The topological polar surface area (TPSA) is 85.8 Å². The van der Waals surface area contributed by atoms with Crippen LogP contribution < -0.4 is 11.2 Å². The predicted molar refractivity (Wildman–Crippen MR) is 75.1 cm³/mol. The standard InChI is InChI=1S/C12H14FN5OS/c1-2-10(20-12-17-15-7-18(12)14)11(19)16-9-5-3-8(13)4-6-9/h3-7,10H,2,14H2,1H3,(H,16,19). The van der Waals surface area contributed by atoms with Gasteiger partial charge in [0.25, 0.3) is 0 Å². The number of hydrogen-bond acceptors (Lipinski definition) is 5. The Morgan fingerprint density at radius 3 is 2.75 bits per heavy atom. The van der Waals surface area contributed by atoms with Gasteiger partial charge in [-0.2, -0.15) is 0 Å². The zero-order chi connectivity index (χ0) is 14.5. The minimum Gasteiger partial charge on any atom is -0.336 e. The molecule has 2 rings (SSSR count). The molecule has 0 bridgehead atoms. The molecule has 1 atom stereocenters. The second-order valence-corrected chi connectivity index (χ2v) is 5.20. The molecule has 0 aliphatic heterocycles. The second kappa shape index (κ2) is 6.38. The molecular formula is C12H14FN5OS. The Morgan fingerprint density at radius 1 is 1.50 bits per heavy atom. The zero-order valence-electron chi connectivity index (χ0n) is 10.8. The van der Waals surface area contributed by atoms with Crippen LogP contribution in [0.5, 0.6) is 0 Å². The van der Waals surface area contributed by atoms with Crippen molar-refractivity contribution >= 4 is 23.4 Å². The summed E-state index contributed by atoms with van der Waals surface area (Å²) in [6, 6.07) is 5.60. The molecule has 0 spiro atoms. The number of hydrogen-bond donors (Lipinski definition) is 2. The highest BCUT2D eigenvalue weighted by atomic mass is 32.2. The van der Waals surface area contributed by atoms with Gasteiger partial charge in [0.2, 0.25) is 11.1 Å². The molecule has 1 aromatic carbocycles. The summed E-state index contributed by atoms with van der Waals surface area (Å²) >= 11 is 1.23. The SMILES string of the molecule is CCC(Sc1nncn1N)C(=O)Nc1ccc(F)cc1. The van der Waals surface area contributed by atoms with Crippen LogP contribution in [0.2, 0.25) is 0 Å². The fourth-order valence-corrected chi connectivity index (χ4v) is 2.37. The zero-order valence-corrected chi connectivity index (χ0v) is 11.6. The molecule has 0 radical (unpaired) electrons. The van der Waals surface area contributed by atoms with Gasteiger partial charge >= 0.3 is 0 Å². The fraction of sp³-hybridized carbons (Fsp3) is 0.250. The van der Waals surface area contributed by atoms with Crippen molar-refractivity contribution in [2.75, 3.05) is 11.2 Å². The largest absolute Gasteiger partial charge is 0.336 e. The molecule has 3 N–H and O–H groups in total. The number of nitrogens with zero attached hydrogens (tertiary/aromatic N) is 3. The number of halogens is 1. The molecular weight excluding hydrogens is 281 g/mol. The van der Waals surface area contributed by atoms with E-state index in [-0.39, 0.29) is 17.0 Å². The minimum atomic E-state index is -0.355. The molecule has 1 amide bonds. The summed E-state index contributed by atoms with van der Waals surface area (Å²) in [5, 5.41) is 10.3. The van der Waals surface area contributed by atoms with Crippen molar-refractivity contribution in [1.29, 1.82) is 0 Å². The molecule has 8 heteroatoms. The van der Waals surface area contributed by atoms with Gasteiger partial charge in [-0.1, -0.05) is 18.7 Å². The van der Waals surface area contributed by atoms with Crippen molar-refractivity contribution in [3.63, 3.8) is 0 Å². The lowest BCUT2D eigenvalue weighted by molar-refractivity contribution is -0.115. The van der Waals surface area contributed by atoms with Gasteiger partial charge in [0.1, 0.15) is 12.1 Å². The Balaban J connectivity index is 2.02. The van der Waals surface area contributed by atoms with Crippen molar-refractivity contribution in [2.45, 2.75) is 23.8 Å². The molecule has 0 saturated heterocycles. The third-order valence-corrected chi connectivity index (χ3v) is 3.90. The summed E-state index contributed by atoms with van der Waals surface area (Å²) in [4.78, 5) is 12.1. The van der Waals surface area contributed by atoms with E-state index < -0.39 is 0 Å². The summed E-state index contributed by atoms with van der Waals surface area (Å²) in [5.41, 5.74) is 0.546. The van der Waals surface area contributed by atoms with Crippen LogP contribution in [0.3, 0.4) is 0 Å². The highest BCUT2D eigenvalue weighted by Crippen LogP contribution is 2.23. The number of thioether (sulfide) groups is 1. The number of aromatic nitrogens is 3. The van der Waals surface area contributed by atoms with Gasteiger partial charge in [-0.05, 0) is 30.7 Å². The first-order valence-corrected chi connectivity index (χ1v) is 6.86. The molecule has 0 aliphatic rings. The van der Waals surface area contributed by atoms with Crippen LogP contribution in [0.15, 0.2) is 35.7 Å². The van der Waals surface area contributed by atoms with Crippen LogP contribution >= 0.6 is 11.8 Å². The van der Waals surface area contributed by atoms with Crippen LogP contribution in [0.1, 0.15) is 13.3 Å². The third kappa shape index (κ3) is 3.47. The Kier molecular flexibility index (Phi) is 4.57. The summed E-state index contributed by atoms with van der Waals surface area (Å²) in [5.74, 6) is 5.08. The number of anilines is 1. The van der Waals surface area contributed by atoms with E-state index in [1.165, 1.54) is 47.0 Å². The highest BCUT2D eigenvalue weighted by Gasteiger charge is 2.20. The van der Waals surface area contributed by atoms with Crippen molar-refractivity contribution in [3.05, 3.63) is 36.4 Å². The third-order valence-electron chi connectivity index (χ3n) is 2.56. The molecule has 20 heavy (non-hydrogen) atoms. The van der Waals surface area contributed by atoms with E-state index in [1.54, 1.807) is 0 Å². The van der Waals surface area contributed by atoms with Gasteiger partial charge in [0, 0.05) is 5.69 Å². The lowest BCUT2D eigenvalue weighted by Crippen LogP contribution is -2.25. The van der Waals surface area contributed by atoms with E-state index in [4.69, 9.17) is 5.84 Å². The number of rotatable bonds is 5. The van der Waals surface area contributed by atoms with Gasteiger partial charge in [-0.15, -0.1) is 10.2 Å². The van der Waals surface area contributed by atoms with Crippen LogP contribution in [0, 0.1) is 5.82 Å². The Bertz CT molecular complexity index is 586.